The highest BCUT2D eigenvalue weighted by Crippen LogP contribution is 2.46. The van der Waals surface area contributed by atoms with E-state index >= 15 is 0 Å². The minimum atomic E-state index is -0.645. The topological polar surface area (TPSA) is 146 Å². The van der Waals surface area contributed by atoms with E-state index in [4.69, 9.17) is 9.47 Å². The Bertz CT molecular complexity index is 4040. The number of rotatable bonds is 8. The lowest BCUT2D eigenvalue weighted by Crippen LogP contribution is -2.31. The van der Waals surface area contributed by atoms with E-state index in [0.717, 1.165) is 55.3 Å². The van der Waals surface area contributed by atoms with E-state index < -0.39 is 33.7 Å². The Morgan fingerprint density at radius 1 is 0.382 bits per heavy atom. The molecule has 0 fully saturated rings. The summed E-state index contributed by atoms with van der Waals surface area (Å²) in [7, 11) is 0. The Kier molecular flexibility index (Phi) is 9.67. The normalized spacial score (nSPS) is 11.7. The van der Waals surface area contributed by atoms with Crippen molar-refractivity contribution in [3.8, 4) is 0 Å². The summed E-state index contributed by atoms with van der Waals surface area (Å²) >= 11 is 2.30. The van der Waals surface area contributed by atoms with Gasteiger partial charge in [-0.2, -0.15) is 0 Å². The molecule has 12 heteroatoms. The van der Waals surface area contributed by atoms with Crippen molar-refractivity contribution in [2.24, 2.45) is 9.98 Å². The number of ether oxygens (including phenoxy) is 2. The molecule has 0 aliphatic rings. The van der Waals surface area contributed by atoms with Crippen molar-refractivity contribution in [1.82, 2.24) is 0 Å². The first kappa shape index (κ1) is 40.9. The molecule has 0 saturated heterocycles. The maximum Gasteiger partial charge on any atom is 0.339 e. The first-order chi connectivity index (χ1) is 33.2. The molecule has 0 bridgehead atoms. The second-order valence-electron chi connectivity index (χ2n) is 16.4. The van der Waals surface area contributed by atoms with Crippen molar-refractivity contribution in [3.63, 3.8) is 0 Å². The molecule has 0 amide bonds. The van der Waals surface area contributed by atoms with E-state index in [1.807, 2.05) is 109 Å². The zero-order valence-electron chi connectivity index (χ0n) is 35.4. The van der Waals surface area contributed by atoms with Crippen LogP contribution in [0.25, 0.3) is 74.0 Å². The third kappa shape index (κ3) is 6.84. The second-order valence-corrected chi connectivity index (χ2v) is 18.5. The number of benzene rings is 8. The van der Waals surface area contributed by atoms with Gasteiger partial charge < -0.3 is 9.47 Å². The molecule has 2 heterocycles. The van der Waals surface area contributed by atoms with Gasteiger partial charge in [0.05, 0.1) is 11.1 Å². The van der Waals surface area contributed by atoms with Crippen LogP contribution in [0.4, 0.5) is 10.0 Å². The third-order valence-electron chi connectivity index (χ3n) is 12.3. The van der Waals surface area contributed by atoms with E-state index in [1.165, 1.54) is 0 Å². The van der Waals surface area contributed by atoms with E-state index in [2.05, 4.69) is 9.98 Å². The summed E-state index contributed by atoms with van der Waals surface area (Å²) in [4.78, 5) is 93.4. The Labute approximate surface area is 390 Å². The predicted molar refractivity (Wildman–Crippen MR) is 269 cm³/mol. The zero-order valence-corrected chi connectivity index (χ0v) is 37.0. The molecular formula is C56H30N2O8S2. The van der Waals surface area contributed by atoms with Crippen molar-refractivity contribution < 1.29 is 19.1 Å². The molecule has 0 aliphatic carbocycles. The van der Waals surface area contributed by atoms with Crippen LogP contribution in [0.15, 0.2) is 187 Å². The van der Waals surface area contributed by atoms with Crippen molar-refractivity contribution >= 4 is 119 Å². The number of carbonyl (C=O) groups is 2. The summed E-state index contributed by atoms with van der Waals surface area (Å²) in [5.74, 6) is -1.29. The molecule has 0 atom stereocenters. The number of hydrogen-bond acceptors (Lipinski definition) is 12. The number of thiophene rings is 2. The zero-order chi connectivity index (χ0) is 46.2. The fraction of sp³-hybridized carbons (Fsp3) is 0.0357. The van der Waals surface area contributed by atoms with Crippen LogP contribution >= 0.6 is 22.7 Å². The molecular weight excluding hydrogens is 893 g/mol. The molecule has 2 aromatic heterocycles. The Morgan fingerprint density at radius 3 is 1.04 bits per heavy atom. The SMILES string of the molecule is O=C(OCc1ccccc1)c1cc2c(cc(C(=O)OCc3ccccc3)c3cc(N=c4c(=O)c5cc6ccccc6cc5c4=O)sc32)c2sc(N=c3c(=O)c4cc5ccccc5cc4c3=O)cc12. The molecule has 10 nitrogen and oxygen atoms in total. The largest absolute Gasteiger partial charge is 0.457 e. The number of esters is 2. The molecule has 0 unspecified atom stereocenters. The molecule has 12 rings (SSSR count). The highest BCUT2D eigenvalue weighted by Gasteiger charge is 2.25. The lowest BCUT2D eigenvalue weighted by molar-refractivity contribution is 0.0466. The second kappa shape index (κ2) is 16.1. The molecule has 10 aromatic carbocycles. The van der Waals surface area contributed by atoms with Gasteiger partial charge in [-0.3, -0.25) is 19.2 Å². The molecule has 68 heavy (non-hydrogen) atoms. The molecule has 12 aromatic rings. The standard InChI is InChI=1S/C56H30N2O8S2/c59-49-35-19-31-15-7-8-16-32(31)20-36(35)50(60)47(49)57-45-25-41-43(55(63)65-27-29-11-3-1-4-12-29)23-39-40(53(41)67-45)24-44(56(64)66-28-30-13-5-2-6-14-30)42-26-46(68-54(39)42)58-48-51(61)37-21-33-17-9-10-18-34(33)22-38(37)52(48)62/h1-26H,27-28H2. The Hall–Kier alpha value is -8.58. The predicted octanol–water partition coefficient (Wildman–Crippen LogP) is 10.3. The van der Waals surface area contributed by atoms with Crippen molar-refractivity contribution in [2.75, 3.05) is 0 Å². The Balaban J connectivity index is 1.09. The molecule has 0 N–H and O–H groups in total. The molecule has 0 saturated carbocycles. The van der Waals surface area contributed by atoms with E-state index in [-0.39, 0.29) is 66.6 Å². The number of fused-ring (bicyclic) bond motifs is 9. The van der Waals surface area contributed by atoms with Gasteiger partial charge >= 0.3 is 11.9 Å². The first-order valence-corrected chi connectivity index (χ1v) is 23.1. The summed E-state index contributed by atoms with van der Waals surface area (Å²) in [6.07, 6.45) is 0. The van der Waals surface area contributed by atoms with Gasteiger partial charge in [0.1, 0.15) is 23.2 Å². The maximum atomic E-state index is 14.3. The minimum absolute atomic E-state index is 0.0175. The summed E-state index contributed by atoms with van der Waals surface area (Å²) in [6.45, 7) is -0.0350. The maximum absolute atomic E-state index is 14.3. The van der Waals surface area contributed by atoms with Gasteiger partial charge in [0.2, 0.25) is 21.7 Å². The van der Waals surface area contributed by atoms with E-state index in [9.17, 15) is 28.8 Å². The summed E-state index contributed by atoms with van der Waals surface area (Å²) in [6, 6.07) is 46.9. The summed E-state index contributed by atoms with van der Waals surface area (Å²) in [5.41, 5.74) is -0.123. The smallest absolute Gasteiger partial charge is 0.339 e. The fourth-order valence-electron chi connectivity index (χ4n) is 8.95. The van der Waals surface area contributed by atoms with Crippen LogP contribution in [-0.2, 0) is 22.7 Å². The third-order valence-corrected chi connectivity index (χ3v) is 14.4. The quantitative estimate of drug-likeness (QED) is 0.137. The molecule has 324 valence electrons. The summed E-state index contributed by atoms with van der Waals surface area (Å²) < 4.78 is 12.9. The van der Waals surface area contributed by atoms with E-state index in [1.54, 1.807) is 48.5 Å². The van der Waals surface area contributed by atoms with Crippen LogP contribution in [0, 0.1) is 0 Å². The van der Waals surface area contributed by atoms with Crippen LogP contribution in [-0.4, -0.2) is 11.9 Å². The van der Waals surface area contributed by atoms with Crippen LogP contribution in [0.1, 0.15) is 31.8 Å². The highest BCUT2D eigenvalue weighted by atomic mass is 32.1. The monoisotopic (exact) mass is 922 g/mol. The Morgan fingerprint density at radius 2 is 0.706 bits per heavy atom. The number of hydrogen-bond donors (Lipinski definition) is 0. The van der Waals surface area contributed by atoms with Gasteiger partial charge in [0.25, 0.3) is 0 Å². The van der Waals surface area contributed by atoms with Crippen molar-refractivity contribution in [1.29, 1.82) is 0 Å². The average Bonchev–Trinajstić information content (AvgIpc) is 4.11. The molecule has 0 spiro atoms. The fourth-order valence-corrected chi connectivity index (χ4v) is 11.1. The van der Waals surface area contributed by atoms with Crippen LogP contribution in [0.3, 0.4) is 0 Å². The van der Waals surface area contributed by atoms with Gasteiger partial charge in [-0.05, 0) is 81.2 Å². The highest BCUT2D eigenvalue weighted by molar-refractivity contribution is 7.24. The van der Waals surface area contributed by atoms with Crippen LogP contribution in [0.2, 0.25) is 0 Å². The average molecular weight is 923 g/mol. The van der Waals surface area contributed by atoms with Gasteiger partial charge in [-0.1, -0.05) is 109 Å². The lowest BCUT2D eigenvalue weighted by atomic mass is 9.98. The van der Waals surface area contributed by atoms with Gasteiger partial charge in [-0.25, -0.2) is 19.6 Å². The van der Waals surface area contributed by atoms with Crippen LogP contribution < -0.4 is 32.4 Å². The van der Waals surface area contributed by atoms with Gasteiger partial charge in [-0.15, -0.1) is 22.7 Å². The van der Waals surface area contributed by atoms with E-state index in [0.29, 0.717) is 30.9 Å². The summed E-state index contributed by atoms with van der Waals surface area (Å²) in [5, 5.41) is 6.30. The van der Waals surface area contributed by atoms with Crippen LogP contribution in [0.5, 0.6) is 0 Å². The lowest BCUT2D eigenvalue weighted by Gasteiger charge is -2.11. The molecule has 0 radical (unpaired) electrons. The van der Waals surface area contributed by atoms with Crippen molar-refractivity contribution in [3.05, 3.63) is 232 Å². The van der Waals surface area contributed by atoms with Gasteiger partial charge in [0.15, 0.2) is 10.7 Å². The molecule has 0 aliphatic heterocycles. The number of carbonyl (C=O) groups excluding carboxylic acids is 2. The van der Waals surface area contributed by atoms with Gasteiger partial charge in [0, 0.05) is 52.5 Å². The minimum Gasteiger partial charge on any atom is -0.457 e. The number of nitrogens with zero attached hydrogens (tertiary/aromatic N) is 2. The van der Waals surface area contributed by atoms with Crippen molar-refractivity contribution in [2.45, 2.75) is 13.2 Å². The first-order valence-electron chi connectivity index (χ1n) is 21.5.